The summed E-state index contributed by atoms with van der Waals surface area (Å²) < 4.78 is 5.65. The van der Waals surface area contributed by atoms with Gasteiger partial charge in [-0.25, -0.2) is 9.98 Å². The van der Waals surface area contributed by atoms with E-state index in [4.69, 9.17) is 10.5 Å². The van der Waals surface area contributed by atoms with Crippen LogP contribution in [0.25, 0.3) is 0 Å². The predicted molar refractivity (Wildman–Crippen MR) is 115 cm³/mol. The molecule has 0 bridgehead atoms. The van der Waals surface area contributed by atoms with Crippen molar-refractivity contribution in [2.75, 3.05) is 25.5 Å². The number of aromatic nitrogens is 1. The molecule has 1 aromatic heterocycles. The zero-order valence-corrected chi connectivity index (χ0v) is 17.0. The second kappa shape index (κ2) is 8.82. The van der Waals surface area contributed by atoms with Gasteiger partial charge in [-0.3, -0.25) is 14.6 Å². The van der Waals surface area contributed by atoms with Crippen LogP contribution in [0.4, 0.5) is 5.82 Å². The van der Waals surface area contributed by atoms with Crippen molar-refractivity contribution in [2.24, 2.45) is 15.8 Å². The Bertz CT molecular complexity index is 1040. The number of rotatable bonds is 7. The first-order valence-corrected chi connectivity index (χ1v) is 9.84. The van der Waals surface area contributed by atoms with Crippen LogP contribution in [0.2, 0.25) is 0 Å². The van der Waals surface area contributed by atoms with Crippen LogP contribution in [0.5, 0.6) is 0 Å². The first-order valence-electron chi connectivity index (χ1n) is 9.84. The average Bonchev–Trinajstić information content (AvgIpc) is 3.40. The number of nitrogens with zero attached hydrogens (tertiary/aromatic N) is 4. The van der Waals surface area contributed by atoms with E-state index in [0.717, 1.165) is 11.1 Å². The van der Waals surface area contributed by atoms with Gasteiger partial charge in [-0.2, -0.15) is 5.10 Å². The number of hydrazone groups is 1. The number of hydrogen-bond acceptors (Lipinski definition) is 8. The molecule has 2 amide bonds. The van der Waals surface area contributed by atoms with Crippen LogP contribution in [-0.4, -0.2) is 65.7 Å². The summed E-state index contributed by atoms with van der Waals surface area (Å²) in [4.78, 5) is 32.9. The highest BCUT2D eigenvalue weighted by Gasteiger charge is 2.34. The van der Waals surface area contributed by atoms with Gasteiger partial charge in [0.2, 0.25) is 11.8 Å². The van der Waals surface area contributed by atoms with Crippen LogP contribution in [0.3, 0.4) is 0 Å². The second-order valence-corrected chi connectivity index (χ2v) is 7.28. The van der Waals surface area contributed by atoms with Crippen LogP contribution in [0, 0.1) is 0 Å². The van der Waals surface area contributed by atoms with Crippen molar-refractivity contribution in [3.05, 3.63) is 59.8 Å². The van der Waals surface area contributed by atoms with E-state index in [2.05, 4.69) is 25.7 Å². The summed E-state index contributed by atoms with van der Waals surface area (Å²) in [5.41, 5.74) is 7.33. The van der Waals surface area contributed by atoms with Gasteiger partial charge in [-0.05, 0) is 17.7 Å². The number of pyridine rings is 1. The maximum absolute atomic E-state index is 12.6. The van der Waals surface area contributed by atoms with E-state index in [1.807, 2.05) is 36.4 Å². The Morgan fingerprint density at radius 1 is 1.26 bits per heavy atom. The molecule has 31 heavy (non-hydrogen) atoms. The number of aliphatic imine (C=N–C) groups is 1. The minimum absolute atomic E-state index is 0.113. The lowest BCUT2D eigenvalue weighted by molar-refractivity contribution is -0.122. The van der Waals surface area contributed by atoms with Gasteiger partial charge in [-0.15, -0.1) is 0 Å². The van der Waals surface area contributed by atoms with Crippen molar-refractivity contribution in [3.8, 4) is 0 Å². The highest BCUT2D eigenvalue weighted by atomic mass is 16.5. The SMILES string of the molecule is CN1CC(NC(=O)C2COC(c3ccnc(NCc4ccccc4)c3)=N2)C(C(N)=O)=N1. The molecule has 0 fully saturated rings. The molecule has 0 saturated heterocycles. The Labute approximate surface area is 179 Å². The van der Waals surface area contributed by atoms with Gasteiger partial charge in [0.1, 0.15) is 18.1 Å². The van der Waals surface area contributed by atoms with Crippen molar-refractivity contribution in [2.45, 2.75) is 18.6 Å². The lowest BCUT2D eigenvalue weighted by Crippen LogP contribution is -2.49. The monoisotopic (exact) mass is 421 g/mol. The summed E-state index contributed by atoms with van der Waals surface area (Å²) in [6.45, 7) is 1.12. The highest BCUT2D eigenvalue weighted by molar-refractivity contribution is 6.41. The summed E-state index contributed by atoms with van der Waals surface area (Å²) in [7, 11) is 1.71. The maximum atomic E-state index is 12.6. The molecule has 10 nitrogen and oxygen atoms in total. The second-order valence-electron chi connectivity index (χ2n) is 7.28. The summed E-state index contributed by atoms with van der Waals surface area (Å²) >= 11 is 0. The number of amides is 2. The van der Waals surface area contributed by atoms with E-state index in [0.29, 0.717) is 24.8 Å². The fourth-order valence-electron chi connectivity index (χ4n) is 3.36. The molecule has 0 radical (unpaired) electrons. The van der Waals surface area contributed by atoms with E-state index < -0.39 is 18.0 Å². The Balaban J connectivity index is 1.39. The fraction of sp³-hybridized carbons (Fsp3) is 0.286. The molecule has 0 saturated carbocycles. The first-order chi connectivity index (χ1) is 15.0. The van der Waals surface area contributed by atoms with Crippen LogP contribution >= 0.6 is 0 Å². The third-order valence-corrected chi connectivity index (χ3v) is 4.90. The molecular formula is C21H23N7O3. The summed E-state index contributed by atoms with van der Waals surface area (Å²) in [6, 6.07) is 12.3. The smallest absolute Gasteiger partial charge is 0.267 e. The minimum Gasteiger partial charge on any atom is -0.475 e. The Morgan fingerprint density at radius 2 is 2.06 bits per heavy atom. The Kier molecular flexibility index (Phi) is 5.78. The molecule has 4 rings (SSSR count). The molecular weight excluding hydrogens is 398 g/mol. The van der Waals surface area contributed by atoms with E-state index in [9.17, 15) is 9.59 Å². The number of likely N-dealkylation sites (N-methyl/N-ethyl adjacent to an activating group) is 1. The largest absolute Gasteiger partial charge is 0.475 e. The van der Waals surface area contributed by atoms with Crippen LogP contribution < -0.4 is 16.4 Å². The van der Waals surface area contributed by atoms with Crippen LogP contribution in [0.1, 0.15) is 11.1 Å². The zero-order chi connectivity index (χ0) is 21.8. The molecule has 2 atom stereocenters. The fourth-order valence-corrected chi connectivity index (χ4v) is 3.36. The van der Waals surface area contributed by atoms with Crippen molar-refractivity contribution in [1.29, 1.82) is 0 Å². The molecule has 10 heteroatoms. The van der Waals surface area contributed by atoms with Crippen molar-refractivity contribution in [3.63, 3.8) is 0 Å². The quantitative estimate of drug-likeness (QED) is 0.581. The minimum atomic E-state index is -0.719. The van der Waals surface area contributed by atoms with Crippen LogP contribution in [-0.2, 0) is 20.9 Å². The maximum Gasteiger partial charge on any atom is 0.267 e. The van der Waals surface area contributed by atoms with E-state index in [-0.39, 0.29) is 18.2 Å². The molecule has 0 aliphatic carbocycles. The first kappa shape index (κ1) is 20.3. The number of nitrogens with two attached hydrogens (primary N) is 1. The molecule has 2 aliphatic rings. The number of ether oxygens (including phenoxy) is 1. The van der Waals surface area contributed by atoms with Crippen molar-refractivity contribution in [1.82, 2.24) is 15.3 Å². The Hall–Kier alpha value is -3.95. The topological polar surface area (TPSA) is 134 Å². The third kappa shape index (κ3) is 4.80. The molecule has 2 aliphatic heterocycles. The molecule has 2 unspecified atom stereocenters. The number of anilines is 1. The lowest BCUT2D eigenvalue weighted by atomic mass is 10.1. The van der Waals surface area contributed by atoms with Gasteiger partial charge < -0.3 is 21.1 Å². The lowest BCUT2D eigenvalue weighted by Gasteiger charge is -2.15. The van der Waals surface area contributed by atoms with Crippen molar-refractivity contribution >= 4 is 29.2 Å². The number of primary amides is 1. The van der Waals surface area contributed by atoms with Gasteiger partial charge in [0.15, 0.2) is 6.04 Å². The zero-order valence-electron chi connectivity index (χ0n) is 17.0. The summed E-state index contributed by atoms with van der Waals surface area (Å²) in [5, 5.41) is 11.6. The molecule has 2 aromatic rings. The summed E-state index contributed by atoms with van der Waals surface area (Å²) in [5.74, 6) is 0.0454. The average molecular weight is 421 g/mol. The molecule has 0 spiro atoms. The van der Waals surface area contributed by atoms with E-state index in [1.165, 1.54) is 0 Å². The van der Waals surface area contributed by atoms with Gasteiger partial charge in [-0.1, -0.05) is 30.3 Å². The van der Waals surface area contributed by atoms with Gasteiger partial charge in [0.25, 0.3) is 5.91 Å². The van der Waals surface area contributed by atoms with Gasteiger partial charge >= 0.3 is 0 Å². The van der Waals surface area contributed by atoms with Gasteiger partial charge in [0.05, 0.1) is 12.6 Å². The third-order valence-electron chi connectivity index (χ3n) is 4.90. The number of carbonyl (C=O) groups is 2. The Morgan fingerprint density at radius 3 is 2.84 bits per heavy atom. The molecule has 3 heterocycles. The van der Waals surface area contributed by atoms with E-state index in [1.54, 1.807) is 24.3 Å². The van der Waals surface area contributed by atoms with Gasteiger partial charge in [0, 0.05) is 25.4 Å². The molecule has 4 N–H and O–H groups in total. The van der Waals surface area contributed by atoms with Crippen LogP contribution in [0.15, 0.2) is 58.8 Å². The number of carbonyl (C=O) groups excluding carboxylic acids is 2. The predicted octanol–water partition coefficient (Wildman–Crippen LogP) is 0.111. The number of benzene rings is 1. The molecule has 1 aromatic carbocycles. The summed E-state index contributed by atoms with van der Waals surface area (Å²) in [6.07, 6.45) is 1.66. The molecule has 160 valence electrons. The normalized spacial score (nSPS) is 20.0. The highest BCUT2D eigenvalue weighted by Crippen LogP contribution is 2.16. The number of hydrogen-bond donors (Lipinski definition) is 3. The van der Waals surface area contributed by atoms with Crippen molar-refractivity contribution < 1.29 is 14.3 Å². The number of nitrogens with one attached hydrogen (secondary N) is 2. The van der Waals surface area contributed by atoms with E-state index >= 15 is 0 Å². The standard InChI is InChI=1S/C21H23N7O3/c1-28-11-15(18(27-28)19(22)29)25-20(30)16-12-31-21(26-16)14-7-8-23-17(9-14)24-10-13-5-3-2-4-6-13/h2-9,15-16H,10-12H2,1H3,(H2,22,29)(H,23,24)(H,25,30).